The van der Waals surface area contributed by atoms with E-state index in [0.717, 1.165) is 49.9 Å². The van der Waals surface area contributed by atoms with Gasteiger partial charge in [-0.05, 0) is 54.4 Å². The molecule has 1 aliphatic heterocycles. The average Bonchev–Trinajstić information content (AvgIpc) is 2.93. The molecular formula is C20H22FN3. The minimum absolute atomic E-state index is 0.148. The molecule has 0 N–H and O–H groups in total. The Morgan fingerprint density at radius 1 is 1.17 bits per heavy atom. The lowest BCUT2D eigenvalue weighted by Crippen LogP contribution is -2.30. The fourth-order valence-corrected chi connectivity index (χ4v) is 3.79. The zero-order valence-electron chi connectivity index (χ0n) is 14.0. The molecule has 0 atom stereocenters. The Hall–Kier alpha value is -2.20. The van der Waals surface area contributed by atoms with Crippen LogP contribution in [0.3, 0.4) is 0 Å². The molecule has 0 bridgehead atoms. The third kappa shape index (κ3) is 2.71. The molecule has 124 valence electrons. The number of hydrogen-bond donors (Lipinski definition) is 0. The van der Waals surface area contributed by atoms with Gasteiger partial charge in [0.15, 0.2) is 0 Å². The molecule has 4 heteroatoms. The molecule has 3 aromatic rings. The van der Waals surface area contributed by atoms with E-state index in [9.17, 15) is 4.39 Å². The van der Waals surface area contributed by atoms with Crippen LogP contribution in [0, 0.1) is 5.82 Å². The predicted molar refractivity (Wildman–Crippen MR) is 94.5 cm³/mol. The van der Waals surface area contributed by atoms with E-state index in [0.29, 0.717) is 0 Å². The molecule has 0 unspecified atom stereocenters. The summed E-state index contributed by atoms with van der Waals surface area (Å²) in [5.41, 5.74) is 5.14. The van der Waals surface area contributed by atoms with E-state index in [4.69, 9.17) is 0 Å². The van der Waals surface area contributed by atoms with Gasteiger partial charge in [0, 0.05) is 55.0 Å². The van der Waals surface area contributed by atoms with Crippen LogP contribution in [-0.2, 0) is 25.9 Å². The maximum Gasteiger partial charge on any atom is 0.123 e. The van der Waals surface area contributed by atoms with Gasteiger partial charge in [0.05, 0.1) is 0 Å². The number of nitrogens with zero attached hydrogens (tertiary/aromatic N) is 3. The molecule has 3 nitrogen and oxygen atoms in total. The zero-order chi connectivity index (χ0) is 16.5. The molecule has 0 fully saturated rings. The largest absolute Gasteiger partial charge is 0.344 e. The molecule has 0 saturated carbocycles. The minimum Gasteiger partial charge on any atom is -0.344 e. The Bertz CT molecular complexity index is 854. The quantitative estimate of drug-likeness (QED) is 0.728. The molecule has 0 aliphatic carbocycles. The number of fused-ring (bicyclic) bond motifs is 3. The van der Waals surface area contributed by atoms with Crippen LogP contribution < -0.4 is 0 Å². The van der Waals surface area contributed by atoms with Crippen molar-refractivity contribution in [2.45, 2.75) is 32.9 Å². The molecule has 0 spiro atoms. The molecule has 24 heavy (non-hydrogen) atoms. The van der Waals surface area contributed by atoms with Crippen LogP contribution in [0.1, 0.15) is 23.7 Å². The van der Waals surface area contributed by atoms with Crippen LogP contribution in [0.5, 0.6) is 0 Å². The number of aryl methyl sites for hydroxylation is 2. The van der Waals surface area contributed by atoms with Crippen molar-refractivity contribution in [3.8, 4) is 0 Å². The fourth-order valence-electron chi connectivity index (χ4n) is 3.79. The molecular weight excluding hydrogens is 301 g/mol. The SMILES string of the molecule is CCN1CCc2c(c3cc(F)ccc3n2CCc2ccncc2)C1. The van der Waals surface area contributed by atoms with Crippen LogP contribution in [0.4, 0.5) is 4.39 Å². The summed E-state index contributed by atoms with van der Waals surface area (Å²) >= 11 is 0. The first-order valence-corrected chi connectivity index (χ1v) is 8.67. The van der Waals surface area contributed by atoms with Crippen molar-refractivity contribution in [2.75, 3.05) is 13.1 Å². The van der Waals surface area contributed by atoms with Crippen molar-refractivity contribution in [1.29, 1.82) is 0 Å². The van der Waals surface area contributed by atoms with Crippen LogP contribution in [0.2, 0.25) is 0 Å². The fraction of sp³-hybridized carbons (Fsp3) is 0.350. The summed E-state index contributed by atoms with van der Waals surface area (Å²) in [7, 11) is 0. The highest BCUT2D eigenvalue weighted by Gasteiger charge is 2.23. The number of benzene rings is 1. The molecule has 1 aliphatic rings. The van der Waals surface area contributed by atoms with E-state index in [1.165, 1.54) is 16.8 Å². The molecule has 4 rings (SSSR count). The van der Waals surface area contributed by atoms with E-state index < -0.39 is 0 Å². The summed E-state index contributed by atoms with van der Waals surface area (Å²) < 4.78 is 16.2. The van der Waals surface area contributed by atoms with Gasteiger partial charge in [-0.1, -0.05) is 6.92 Å². The van der Waals surface area contributed by atoms with Gasteiger partial charge in [-0.2, -0.15) is 0 Å². The van der Waals surface area contributed by atoms with Crippen LogP contribution in [0.15, 0.2) is 42.7 Å². The summed E-state index contributed by atoms with van der Waals surface area (Å²) in [4.78, 5) is 6.51. The highest BCUT2D eigenvalue weighted by molar-refractivity contribution is 5.86. The van der Waals surface area contributed by atoms with Gasteiger partial charge in [0.2, 0.25) is 0 Å². The molecule has 0 radical (unpaired) electrons. The zero-order valence-corrected chi connectivity index (χ0v) is 14.0. The highest BCUT2D eigenvalue weighted by atomic mass is 19.1. The second-order valence-corrected chi connectivity index (χ2v) is 6.46. The maximum absolute atomic E-state index is 13.8. The molecule has 0 saturated heterocycles. The average molecular weight is 323 g/mol. The van der Waals surface area contributed by atoms with Crippen molar-refractivity contribution in [2.24, 2.45) is 0 Å². The molecule has 2 aromatic heterocycles. The van der Waals surface area contributed by atoms with Crippen molar-refractivity contribution < 1.29 is 4.39 Å². The van der Waals surface area contributed by atoms with Gasteiger partial charge in [-0.15, -0.1) is 0 Å². The lowest BCUT2D eigenvalue weighted by Gasteiger charge is -2.27. The minimum atomic E-state index is -0.148. The second kappa shape index (κ2) is 6.36. The van der Waals surface area contributed by atoms with Crippen LogP contribution >= 0.6 is 0 Å². The number of halogens is 1. The summed E-state index contributed by atoms with van der Waals surface area (Å²) in [5, 5.41) is 1.08. The lowest BCUT2D eigenvalue weighted by atomic mass is 10.0. The van der Waals surface area contributed by atoms with E-state index >= 15 is 0 Å². The Morgan fingerprint density at radius 2 is 2.00 bits per heavy atom. The topological polar surface area (TPSA) is 21.1 Å². The lowest BCUT2D eigenvalue weighted by molar-refractivity contribution is 0.265. The van der Waals surface area contributed by atoms with Gasteiger partial charge in [-0.3, -0.25) is 9.88 Å². The third-order valence-electron chi connectivity index (χ3n) is 5.12. The first-order chi connectivity index (χ1) is 11.8. The Morgan fingerprint density at radius 3 is 2.79 bits per heavy atom. The van der Waals surface area contributed by atoms with E-state index in [1.54, 1.807) is 12.1 Å². The van der Waals surface area contributed by atoms with Gasteiger partial charge in [0.1, 0.15) is 5.82 Å². The van der Waals surface area contributed by atoms with Crippen molar-refractivity contribution in [3.63, 3.8) is 0 Å². The third-order valence-corrected chi connectivity index (χ3v) is 5.12. The predicted octanol–water partition coefficient (Wildman–Crippen LogP) is 3.80. The standard InChI is InChI=1S/C20H22FN3/c1-2-23-11-8-20-18(14-23)17-13-16(21)3-4-19(17)24(20)12-7-15-5-9-22-10-6-15/h3-6,9-10,13H,2,7-8,11-12,14H2,1H3. The van der Waals surface area contributed by atoms with E-state index in [2.05, 4.69) is 33.5 Å². The Labute approximate surface area is 141 Å². The first kappa shape index (κ1) is 15.3. The first-order valence-electron chi connectivity index (χ1n) is 8.67. The number of aromatic nitrogens is 2. The van der Waals surface area contributed by atoms with E-state index in [-0.39, 0.29) is 5.82 Å². The van der Waals surface area contributed by atoms with Gasteiger partial charge in [0.25, 0.3) is 0 Å². The monoisotopic (exact) mass is 323 g/mol. The molecule has 1 aromatic carbocycles. The number of rotatable bonds is 4. The van der Waals surface area contributed by atoms with Gasteiger partial charge in [-0.25, -0.2) is 4.39 Å². The van der Waals surface area contributed by atoms with Crippen molar-refractivity contribution in [1.82, 2.24) is 14.5 Å². The number of hydrogen-bond acceptors (Lipinski definition) is 2. The summed E-state index contributed by atoms with van der Waals surface area (Å²) in [6, 6.07) is 9.35. The Balaban J connectivity index is 1.74. The Kier molecular flexibility index (Phi) is 4.07. The van der Waals surface area contributed by atoms with Crippen molar-refractivity contribution in [3.05, 3.63) is 65.4 Å². The molecule has 3 heterocycles. The highest BCUT2D eigenvalue weighted by Crippen LogP contribution is 2.31. The normalized spacial score (nSPS) is 14.9. The van der Waals surface area contributed by atoms with Crippen molar-refractivity contribution >= 4 is 10.9 Å². The summed E-state index contributed by atoms with van der Waals surface area (Å²) in [6.07, 6.45) is 5.68. The van der Waals surface area contributed by atoms with Crippen LogP contribution in [0.25, 0.3) is 10.9 Å². The van der Waals surface area contributed by atoms with Gasteiger partial charge < -0.3 is 4.57 Å². The molecule has 0 amide bonds. The second-order valence-electron chi connectivity index (χ2n) is 6.46. The maximum atomic E-state index is 13.8. The number of likely N-dealkylation sites (N-methyl/N-ethyl adjacent to an activating group) is 1. The summed E-state index contributed by atoms with van der Waals surface area (Å²) in [6.45, 7) is 6.16. The summed E-state index contributed by atoms with van der Waals surface area (Å²) in [5.74, 6) is -0.148. The van der Waals surface area contributed by atoms with E-state index in [1.807, 2.05) is 18.5 Å². The smallest absolute Gasteiger partial charge is 0.123 e. The number of pyridine rings is 1. The van der Waals surface area contributed by atoms with Gasteiger partial charge >= 0.3 is 0 Å². The van der Waals surface area contributed by atoms with Crippen LogP contribution in [-0.4, -0.2) is 27.5 Å².